The summed E-state index contributed by atoms with van der Waals surface area (Å²) in [6.07, 6.45) is 4.32. The molecule has 0 aromatic carbocycles. The molecule has 1 rings (SSSR count). The molecular weight excluding hydrogens is 206 g/mol. The fourth-order valence-corrected chi connectivity index (χ4v) is 2.20. The fourth-order valence-electron chi connectivity index (χ4n) is 2.20. The summed E-state index contributed by atoms with van der Waals surface area (Å²) in [5.41, 5.74) is -1.31. The number of carbonyl (C=O) groups is 1. The van der Waals surface area contributed by atoms with Crippen molar-refractivity contribution in [3.05, 3.63) is 0 Å². The molecule has 0 aromatic heterocycles. The van der Waals surface area contributed by atoms with Crippen LogP contribution in [0.15, 0.2) is 0 Å². The van der Waals surface area contributed by atoms with Gasteiger partial charge in [-0.3, -0.25) is 4.79 Å². The van der Waals surface area contributed by atoms with Crippen LogP contribution in [0.5, 0.6) is 0 Å². The number of carbonyl (C=O) groups excluding carboxylic acids is 1. The van der Waals surface area contributed by atoms with E-state index in [9.17, 15) is 15.0 Å². The van der Waals surface area contributed by atoms with Crippen molar-refractivity contribution in [3.63, 3.8) is 0 Å². The normalized spacial score (nSPS) is 29.5. The third kappa shape index (κ3) is 3.46. The first-order valence-electron chi connectivity index (χ1n) is 6.19. The van der Waals surface area contributed by atoms with Gasteiger partial charge in [-0.25, -0.2) is 0 Å². The molecule has 0 heterocycles. The molecule has 4 heteroatoms. The van der Waals surface area contributed by atoms with Crippen LogP contribution in [-0.4, -0.2) is 33.9 Å². The number of nitrogens with one attached hydrogen (secondary N) is 1. The third-order valence-electron chi connectivity index (χ3n) is 3.27. The minimum Gasteiger partial charge on any atom is -0.391 e. The van der Waals surface area contributed by atoms with Crippen LogP contribution in [0.3, 0.4) is 0 Å². The summed E-state index contributed by atoms with van der Waals surface area (Å²) in [5.74, 6) is -0.361. The molecule has 1 aliphatic rings. The highest BCUT2D eigenvalue weighted by molar-refractivity contribution is 5.84. The van der Waals surface area contributed by atoms with Crippen molar-refractivity contribution < 1.29 is 15.0 Å². The van der Waals surface area contributed by atoms with Crippen LogP contribution >= 0.6 is 0 Å². The number of aliphatic hydroxyl groups is 2. The Morgan fingerprint density at radius 3 is 2.62 bits per heavy atom. The maximum Gasteiger partial charge on any atom is 0.251 e. The molecule has 0 aromatic rings. The summed E-state index contributed by atoms with van der Waals surface area (Å²) in [5, 5.41) is 22.4. The standard InChI is InChI=1S/C12H23NO3/c1-3-8-12(2,16)11(15)13-9-6-4-5-7-10(9)14/h9-10,14,16H,3-8H2,1-2H3,(H,13,15). The lowest BCUT2D eigenvalue weighted by Gasteiger charge is -2.31. The molecule has 3 unspecified atom stereocenters. The average Bonchev–Trinajstić information content (AvgIpc) is 2.21. The van der Waals surface area contributed by atoms with Crippen molar-refractivity contribution in [2.24, 2.45) is 0 Å². The van der Waals surface area contributed by atoms with E-state index in [2.05, 4.69) is 5.32 Å². The summed E-state index contributed by atoms with van der Waals surface area (Å²) in [6.45, 7) is 3.46. The van der Waals surface area contributed by atoms with Crippen LogP contribution in [0, 0.1) is 0 Å². The van der Waals surface area contributed by atoms with Crippen molar-refractivity contribution in [2.45, 2.75) is 70.1 Å². The van der Waals surface area contributed by atoms with Crippen molar-refractivity contribution in [1.82, 2.24) is 5.32 Å². The Kier molecular flexibility index (Phi) is 4.74. The maximum absolute atomic E-state index is 11.8. The third-order valence-corrected chi connectivity index (χ3v) is 3.27. The molecule has 1 aliphatic carbocycles. The van der Waals surface area contributed by atoms with Gasteiger partial charge in [0.1, 0.15) is 5.60 Å². The lowest BCUT2D eigenvalue weighted by molar-refractivity contribution is -0.140. The van der Waals surface area contributed by atoms with E-state index in [0.29, 0.717) is 6.42 Å². The van der Waals surface area contributed by atoms with Gasteiger partial charge in [0.2, 0.25) is 0 Å². The van der Waals surface area contributed by atoms with Gasteiger partial charge in [-0.15, -0.1) is 0 Å². The predicted octanol–water partition coefficient (Wildman–Crippen LogP) is 0.957. The molecule has 0 aliphatic heterocycles. The molecule has 1 fully saturated rings. The molecule has 0 bridgehead atoms. The largest absolute Gasteiger partial charge is 0.391 e. The molecule has 3 atom stereocenters. The average molecular weight is 229 g/mol. The molecule has 1 amide bonds. The van der Waals surface area contributed by atoms with Crippen molar-refractivity contribution in [3.8, 4) is 0 Å². The van der Waals surface area contributed by atoms with E-state index < -0.39 is 11.7 Å². The van der Waals surface area contributed by atoms with Gasteiger partial charge in [0.05, 0.1) is 12.1 Å². The van der Waals surface area contributed by atoms with E-state index in [1.54, 1.807) is 0 Å². The number of aliphatic hydroxyl groups excluding tert-OH is 1. The summed E-state index contributed by atoms with van der Waals surface area (Å²) in [6, 6.07) is -0.190. The molecule has 4 nitrogen and oxygen atoms in total. The second kappa shape index (κ2) is 5.64. The van der Waals surface area contributed by atoms with Gasteiger partial charge in [0.15, 0.2) is 0 Å². The second-order valence-electron chi connectivity index (χ2n) is 4.96. The van der Waals surface area contributed by atoms with Gasteiger partial charge in [-0.1, -0.05) is 26.2 Å². The van der Waals surface area contributed by atoms with E-state index >= 15 is 0 Å². The van der Waals surface area contributed by atoms with Crippen LogP contribution in [0.2, 0.25) is 0 Å². The Morgan fingerprint density at radius 2 is 2.06 bits per heavy atom. The summed E-state index contributed by atoms with van der Waals surface area (Å²) < 4.78 is 0. The zero-order valence-corrected chi connectivity index (χ0v) is 10.2. The number of hydrogen-bond acceptors (Lipinski definition) is 3. The van der Waals surface area contributed by atoms with Crippen LogP contribution in [-0.2, 0) is 4.79 Å². The molecule has 1 saturated carbocycles. The first-order valence-corrected chi connectivity index (χ1v) is 6.19. The first kappa shape index (κ1) is 13.5. The lowest BCUT2D eigenvalue weighted by atomic mass is 9.91. The summed E-state index contributed by atoms with van der Waals surface area (Å²) in [7, 11) is 0. The van der Waals surface area contributed by atoms with E-state index in [-0.39, 0.29) is 11.9 Å². The predicted molar refractivity (Wildman–Crippen MR) is 61.9 cm³/mol. The first-order chi connectivity index (χ1) is 7.47. The van der Waals surface area contributed by atoms with E-state index in [1.807, 2.05) is 6.92 Å². The quantitative estimate of drug-likeness (QED) is 0.672. The second-order valence-corrected chi connectivity index (χ2v) is 4.96. The summed E-state index contributed by atoms with van der Waals surface area (Å²) >= 11 is 0. The number of amides is 1. The smallest absolute Gasteiger partial charge is 0.251 e. The maximum atomic E-state index is 11.8. The molecular formula is C12H23NO3. The Balaban J connectivity index is 2.49. The zero-order chi connectivity index (χ0) is 12.2. The summed E-state index contributed by atoms with van der Waals surface area (Å²) in [4.78, 5) is 11.8. The highest BCUT2D eigenvalue weighted by atomic mass is 16.3. The van der Waals surface area contributed by atoms with Crippen LogP contribution in [0.4, 0.5) is 0 Å². The van der Waals surface area contributed by atoms with Crippen molar-refractivity contribution >= 4 is 5.91 Å². The fraction of sp³-hybridized carbons (Fsp3) is 0.917. The van der Waals surface area contributed by atoms with E-state index in [4.69, 9.17) is 0 Å². The SMILES string of the molecule is CCCC(C)(O)C(=O)NC1CCCCC1O. The van der Waals surface area contributed by atoms with Gasteiger partial charge in [0.25, 0.3) is 5.91 Å². The van der Waals surface area contributed by atoms with Crippen LogP contribution < -0.4 is 5.32 Å². The topological polar surface area (TPSA) is 69.6 Å². The van der Waals surface area contributed by atoms with Gasteiger partial charge >= 0.3 is 0 Å². The Bertz CT molecular complexity index is 240. The van der Waals surface area contributed by atoms with Crippen molar-refractivity contribution in [1.29, 1.82) is 0 Å². The van der Waals surface area contributed by atoms with Crippen LogP contribution in [0.25, 0.3) is 0 Å². The minimum atomic E-state index is -1.31. The van der Waals surface area contributed by atoms with Gasteiger partial charge in [-0.05, 0) is 26.2 Å². The monoisotopic (exact) mass is 229 g/mol. The van der Waals surface area contributed by atoms with Gasteiger partial charge in [0, 0.05) is 0 Å². The Hall–Kier alpha value is -0.610. The highest BCUT2D eigenvalue weighted by Gasteiger charge is 2.33. The zero-order valence-electron chi connectivity index (χ0n) is 10.2. The Morgan fingerprint density at radius 1 is 1.44 bits per heavy atom. The number of hydrogen-bond donors (Lipinski definition) is 3. The molecule has 0 saturated heterocycles. The highest BCUT2D eigenvalue weighted by Crippen LogP contribution is 2.20. The molecule has 0 radical (unpaired) electrons. The minimum absolute atomic E-state index is 0.190. The molecule has 94 valence electrons. The van der Waals surface area contributed by atoms with Gasteiger partial charge < -0.3 is 15.5 Å². The van der Waals surface area contributed by atoms with Crippen LogP contribution in [0.1, 0.15) is 52.4 Å². The molecule has 0 spiro atoms. The van der Waals surface area contributed by atoms with Gasteiger partial charge in [-0.2, -0.15) is 0 Å². The molecule has 16 heavy (non-hydrogen) atoms. The van der Waals surface area contributed by atoms with Crippen molar-refractivity contribution in [2.75, 3.05) is 0 Å². The lowest BCUT2D eigenvalue weighted by Crippen LogP contribution is -2.52. The van der Waals surface area contributed by atoms with E-state index in [1.165, 1.54) is 6.92 Å². The molecule has 3 N–H and O–H groups in total. The number of rotatable bonds is 4. The van der Waals surface area contributed by atoms with E-state index in [0.717, 1.165) is 32.1 Å². The Labute approximate surface area is 97.0 Å².